The first kappa shape index (κ1) is 9.98. The molecule has 2 N–H and O–H groups in total. The first-order valence-corrected chi connectivity index (χ1v) is 4.63. The van der Waals surface area contributed by atoms with E-state index < -0.39 is 11.8 Å². The standard InChI is InChI=1S/C10H7ClFNO2/c11-6-1-2-7(12)10-9(6)5(4-13-10)3-8(14)15/h1-2,4,13H,3H2,(H,14,15). The van der Waals surface area contributed by atoms with Gasteiger partial charge in [0.15, 0.2) is 0 Å². The molecule has 5 heteroatoms. The van der Waals surface area contributed by atoms with Crippen LogP contribution in [0.1, 0.15) is 5.56 Å². The third-order valence-electron chi connectivity index (χ3n) is 2.16. The molecule has 0 radical (unpaired) electrons. The van der Waals surface area contributed by atoms with Crippen LogP contribution in [0, 0.1) is 5.82 Å². The zero-order valence-corrected chi connectivity index (χ0v) is 8.31. The van der Waals surface area contributed by atoms with Gasteiger partial charge in [-0.05, 0) is 17.7 Å². The van der Waals surface area contributed by atoms with Crippen LogP contribution in [0.2, 0.25) is 5.02 Å². The highest BCUT2D eigenvalue weighted by Gasteiger charge is 2.13. The van der Waals surface area contributed by atoms with Gasteiger partial charge in [0.25, 0.3) is 0 Å². The zero-order valence-electron chi connectivity index (χ0n) is 7.55. The average molecular weight is 228 g/mol. The number of aliphatic carboxylic acids is 1. The molecular weight excluding hydrogens is 221 g/mol. The molecule has 0 aliphatic rings. The number of H-pyrrole nitrogens is 1. The van der Waals surface area contributed by atoms with Gasteiger partial charge in [-0.25, -0.2) is 4.39 Å². The number of carbonyl (C=O) groups is 1. The van der Waals surface area contributed by atoms with E-state index in [0.29, 0.717) is 16.0 Å². The Balaban J connectivity index is 2.67. The molecule has 0 bridgehead atoms. The maximum atomic E-state index is 13.3. The van der Waals surface area contributed by atoms with Gasteiger partial charge >= 0.3 is 5.97 Å². The fourth-order valence-corrected chi connectivity index (χ4v) is 1.82. The van der Waals surface area contributed by atoms with Crippen molar-refractivity contribution in [2.24, 2.45) is 0 Å². The van der Waals surface area contributed by atoms with Crippen LogP contribution in [0.4, 0.5) is 4.39 Å². The Hall–Kier alpha value is -1.55. The summed E-state index contributed by atoms with van der Waals surface area (Å²) in [6.45, 7) is 0. The largest absolute Gasteiger partial charge is 0.481 e. The van der Waals surface area contributed by atoms with E-state index in [0.717, 1.165) is 0 Å². The summed E-state index contributed by atoms with van der Waals surface area (Å²) in [7, 11) is 0. The fraction of sp³-hybridized carbons (Fsp3) is 0.100. The molecule has 15 heavy (non-hydrogen) atoms. The van der Waals surface area contributed by atoms with Gasteiger partial charge in [0, 0.05) is 11.6 Å². The van der Waals surface area contributed by atoms with E-state index in [2.05, 4.69) is 4.98 Å². The van der Waals surface area contributed by atoms with Crippen molar-refractivity contribution in [3.05, 3.63) is 34.7 Å². The number of fused-ring (bicyclic) bond motifs is 1. The molecule has 0 saturated carbocycles. The van der Waals surface area contributed by atoms with Gasteiger partial charge in [0.05, 0.1) is 17.0 Å². The molecule has 0 spiro atoms. The number of hydrogen-bond donors (Lipinski definition) is 2. The second kappa shape index (κ2) is 3.55. The first-order valence-electron chi connectivity index (χ1n) is 4.25. The molecule has 3 nitrogen and oxygen atoms in total. The second-order valence-corrected chi connectivity index (χ2v) is 3.57. The summed E-state index contributed by atoms with van der Waals surface area (Å²) in [5.74, 6) is -1.41. The van der Waals surface area contributed by atoms with E-state index in [-0.39, 0.29) is 11.9 Å². The summed E-state index contributed by atoms with van der Waals surface area (Å²) >= 11 is 5.88. The molecule has 0 amide bonds. The lowest BCUT2D eigenvalue weighted by Crippen LogP contribution is -1.99. The van der Waals surface area contributed by atoms with Crippen molar-refractivity contribution < 1.29 is 14.3 Å². The van der Waals surface area contributed by atoms with Crippen molar-refractivity contribution in [1.82, 2.24) is 4.98 Å². The maximum absolute atomic E-state index is 13.3. The topological polar surface area (TPSA) is 53.1 Å². The molecule has 0 atom stereocenters. The molecule has 1 aromatic carbocycles. The third kappa shape index (κ3) is 1.68. The number of hydrogen-bond acceptors (Lipinski definition) is 1. The summed E-state index contributed by atoms with van der Waals surface area (Å²) in [6, 6.07) is 2.66. The molecule has 0 aliphatic heterocycles. The van der Waals surface area contributed by atoms with Crippen LogP contribution in [0.15, 0.2) is 18.3 Å². The summed E-state index contributed by atoms with van der Waals surface area (Å²) in [4.78, 5) is 13.2. The highest BCUT2D eigenvalue weighted by molar-refractivity contribution is 6.35. The second-order valence-electron chi connectivity index (χ2n) is 3.16. The molecule has 0 unspecified atom stereocenters. The highest BCUT2D eigenvalue weighted by Crippen LogP contribution is 2.28. The molecule has 2 aromatic rings. The molecule has 1 heterocycles. The predicted octanol–water partition coefficient (Wildman–Crippen LogP) is 2.59. The first-order chi connectivity index (χ1) is 7.09. The fourth-order valence-electron chi connectivity index (χ4n) is 1.54. The number of aromatic nitrogens is 1. The number of carboxylic acid groups (broad SMARTS) is 1. The Labute approximate surface area is 89.5 Å². The lowest BCUT2D eigenvalue weighted by atomic mass is 10.1. The van der Waals surface area contributed by atoms with Crippen molar-refractivity contribution in [3.8, 4) is 0 Å². The van der Waals surface area contributed by atoms with Crippen LogP contribution in [0.25, 0.3) is 10.9 Å². The van der Waals surface area contributed by atoms with Crippen LogP contribution in [-0.2, 0) is 11.2 Å². The monoisotopic (exact) mass is 227 g/mol. The highest BCUT2D eigenvalue weighted by atomic mass is 35.5. The number of carboxylic acids is 1. The number of halogens is 2. The van der Waals surface area contributed by atoms with E-state index in [1.807, 2.05) is 0 Å². The lowest BCUT2D eigenvalue weighted by Gasteiger charge is -1.98. The SMILES string of the molecule is O=C(O)Cc1c[nH]c2c(F)ccc(Cl)c12. The van der Waals surface area contributed by atoms with Crippen molar-refractivity contribution >= 4 is 28.5 Å². The number of rotatable bonds is 2. The van der Waals surface area contributed by atoms with Crippen molar-refractivity contribution in [2.45, 2.75) is 6.42 Å². The van der Waals surface area contributed by atoms with Crippen LogP contribution in [0.5, 0.6) is 0 Å². The Bertz CT molecular complexity index is 535. The molecule has 2 rings (SSSR count). The molecule has 78 valence electrons. The van der Waals surface area contributed by atoms with Gasteiger partial charge in [-0.1, -0.05) is 11.6 Å². The Kier molecular flexibility index (Phi) is 2.36. The van der Waals surface area contributed by atoms with Gasteiger partial charge in [0.1, 0.15) is 5.82 Å². The normalized spacial score (nSPS) is 10.8. The third-order valence-corrected chi connectivity index (χ3v) is 2.47. The Morgan fingerprint density at radius 2 is 2.27 bits per heavy atom. The van der Waals surface area contributed by atoms with Crippen LogP contribution in [-0.4, -0.2) is 16.1 Å². The lowest BCUT2D eigenvalue weighted by molar-refractivity contribution is -0.136. The molecule has 0 aliphatic carbocycles. The van der Waals surface area contributed by atoms with Gasteiger partial charge < -0.3 is 10.1 Å². The summed E-state index contributed by atoms with van der Waals surface area (Å²) in [5.41, 5.74) is 0.737. The van der Waals surface area contributed by atoms with Crippen LogP contribution >= 0.6 is 11.6 Å². The van der Waals surface area contributed by atoms with Crippen molar-refractivity contribution in [1.29, 1.82) is 0 Å². The van der Waals surface area contributed by atoms with Gasteiger partial charge in [-0.15, -0.1) is 0 Å². The van der Waals surface area contributed by atoms with Gasteiger partial charge in [-0.3, -0.25) is 4.79 Å². The smallest absolute Gasteiger partial charge is 0.307 e. The summed E-state index contributed by atoms with van der Waals surface area (Å²) in [5, 5.41) is 9.45. The minimum absolute atomic E-state index is 0.177. The van der Waals surface area contributed by atoms with Gasteiger partial charge in [0.2, 0.25) is 0 Å². The number of aromatic amines is 1. The molecule has 0 saturated heterocycles. The maximum Gasteiger partial charge on any atom is 0.307 e. The van der Waals surface area contributed by atoms with E-state index in [1.54, 1.807) is 0 Å². The van der Waals surface area contributed by atoms with E-state index in [9.17, 15) is 9.18 Å². The Morgan fingerprint density at radius 3 is 2.93 bits per heavy atom. The summed E-state index contributed by atoms with van der Waals surface area (Å²) in [6.07, 6.45) is 1.29. The zero-order chi connectivity index (χ0) is 11.0. The van der Waals surface area contributed by atoms with Crippen molar-refractivity contribution in [2.75, 3.05) is 0 Å². The minimum Gasteiger partial charge on any atom is -0.481 e. The van der Waals surface area contributed by atoms with E-state index in [4.69, 9.17) is 16.7 Å². The van der Waals surface area contributed by atoms with Crippen molar-refractivity contribution in [3.63, 3.8) is 0 Å². The predicted molar refractivity (Wildman–Crippen MR) is 54.6 cm³/mol. The molecule has 0 fully saturated rings. The quantitative estimate of drug-likeness (QED) is 0.829. The molecular formula is C10H7ClFNO2. The number of nitrogens with one attached hydrogen (secondary N) is 1. The van der Waals surface area contributed by atoms with Gasteiger partial charge in [-0.2, -0.15) is 0 Å². The Morgan fingerprint density at radius 1 is 1.53 bits per heavy atom. The van der Waals surface area contributed by atoms with E-state index >= 15 is 0 Å². The van der Waals surface area contributed by atoms with E-state index in [1.165, 1.54) is 18.3 Å². The molecule has 1 aromatic heterocycles. The van der Waals surface area contributed by atoms with Crippen LogP contribution < -0.4 is 0 Å². The summed E-state index contributed by atoms with van der Waals surface area (Å²) < 4.78 is 13.3. The van der Waals surface area contributed by atoms with Crippen LogP contribution in [0.3, 0.4) is 0 Å². The number of benzene rings is 1. The minimum atomic E-state index is -0.976. The average Bonchev–Trinajstić information content (AvgIpc) is 2.56.